The predicted molar refractivity (Wildman–Crippen MR) is 78.1 cm³/mol. The lowest BCUT2D eigenvalue weighted by Crippen LogP contribution is -2.25. The van der Waals surface area contributed by atoms with Gasteiger partial charge in [-0.3, -0.25) is 14.9 Å². The number of benzene rings is 1. The molecular formula is C12H12F3IN2O3. The van der Waals surface area contributed by atoms with Crippen molar-refractivity contribution in [2.45, 2.75) is 25.4 Å². The molecule has 0 heterocycles. The third-order valence-corrected chi connectivity index (χ3v) is 3.52. The van der Waals surface area contributed by atoms with Crippen LogP contribution in [0.5, 0.6) is 0 Å². The van der Waals surface area contributed by atoms with E-state index in [2.05, 4.69) is 5.32 Å². The van der Waals surface area contributed by atoms with E-state index in [4.69, 9.17) is 0 Å². The van der Waals surface area contributed by atoms with Crippen LogP contribution in [0.2, 0.25) is 0 Å². The lowest BCUT2D eigenvalue weighted by atomic mass is 10.2. The molecule has 116 valence electrons. The fourth-order valence-corrected chi connectivity index (χ4v) is 2.13. The Morgan fingerprint density at radius 3 is 2.57 bits per heavy atom. The van der Waals surface area contributed by atoms with E-state index in [0.29, 0.717) is 3.57 Å². The van der Waals surface area contributed by atoms with Gasteiger partial charge >= 0.3 is 6.18 Å². The highest BCUT2D eigenvalue weighted by atomic mass is 127. The number of nitrogens with one attached hydrogen (secondary N) is 1. The van der Waals surface area contributed by atoms with Gasteiger partial charge in [0.05, 0.1) is 10.5 Å². The van der Waals surface area contributed by atoms with Gasteiger partial charge in [-0.15, -0.1) is 0 Å². The summed E-state index contributed by atoms with van der Waals surface area (Å²) in [5, 5.41) is 13.1. The molecule has 0 aliphatic heterocycles. The fourth-order valence-electron chi connectivity index (χ4n) is 1.55. The minimum absolute atomic E-state index is 0.0736. The fraction of sp³-hybridized carbons (Fsp3) is 0.417. The van der Waals surface area contributed by atoms with E-state index in [0.717, 1.165) is 6.07 Å². The Balaban J connectivity index is 2.52. The number of carbonyl (C=O) groups excluding carboxylic acids is 1. The summed E-state index contributed by atoms with van der Waals surface area (Å²) in [5.41, 5.74) is -0.0711. The first-order valence-electron chi connectivity index (χ1n) is 5.99. The maximum Gasteiger partial charge on any atom is 0.389 e. The quantitative estimate of drug-likeness (QED) is 0.333. The van der Waals surface area contributed by atoms with Crippen molar-refractivity contribution >= 4 is 34.2 Å². The van der Waals surface area contributed by atoms with Gasteiger partial charge in [-0.05, 0) is 41.5 Å². The van der Waals surface area contributed by atoms with E-state index >= 15 is 0 Å². The molecule has 1 aromatic carbocycles. The zero-order valence-electron chi connectivity index (χ0n) is 10.7. The van der Waals surface area contributed by atoms with Crippen molar-refractivity contribution in [1.82, 2.24) is 5.32 Å². The number of unbranched alkanes of at least 4 members (excludes halogenated alkanes) is 1. The van der Waals surface area contributed by atoms with Crippen LogP contribution in [0.1, 0.15) is 29.6 Å². The number of amides is 1. The number of nitrogens with zero attached hydrogens (tertiary/aromatic N) is 1. The van der Waals surface area contributed by atoms with Crippen molar-refractivity contribution in [1.29, 1.82) is 0 Å². The second-order valence-electron chi connectivity index (χ2n) is 4.25. The van der Waals surface area contributed by atoms with Gasteiger partial charge in [0.1, 0.15) is 0 Å². The Morgan fingerprint density at radius 1 is 1.33 bits per heavy atom. The van der Waals surface area contributed by atoms with Gasteiger partial charge in [-0.2, -0.15) is 13.2 Å². The van der Waals surface area contributed by atoms with Gasteiger partial charge in [0, 0.05) is 28.7 Å². The third kappa shape index (κ3) is 6.27. The van der Waals surface area contributed by atoms with Crippen LogP contribution in [0, 0.1) is 13.7 Å². The lowest BCUT2D eigenvalue weighted by Gasteiger charge is -2.08. The van der Waals surface area contributed by atoms with Crippen molar-refractivity contribution in [3.05, 3.63) is 37.4 Å². The van der Waals surface area contributed by atoms with Crippen LogP contribution in [-0.2, 0) is 0 Å². The van der Waals surface area contributed by atoms with Gasteiger partial charge < -0.3 is 5.32 Å². The molecule has 1 rings (SSSR count). The van der Waals surface area contributed by atoms with Crippen molar-refractivity contribution in [3.63, 3.8) is 0 Å². The minimum Gasteiger partial charge on any atom is -0.352 e. The Bertz CT molecular complexity index is 535. The summed E-state index contributed by atoms with van der Waals surface area (Å²) in [6.07, 6.45) is -4.97. The second-order valence-corrected chi connectivity index (χ2v) is 5.41. The first-order chi connectivity index (χ1) is 9.70. The maximum absolute atomic E-state index is 11.9. The van der Waals surface area contributed by atoms with Crippen molar-refractivity contribution in [3.8, 4) is 0 Å². The predicted octanol–water partition coefficient (Wildman–Crippen LogP) is 3.66. The van der Waals surface area contributed by atoms with Gasteiger partial charge in [-0.25, -0.2) is 0 Å². The molecule has 0 aliphatic carbocycles. The zero-order valence-corrected chi connectivity index (χ0v) is 12.9. The number of hydrogen-bond donors (Lipinski definition) is 1. The molecular weight excluding hydrogens is 404 g/mol. The van der Waals surface area contributed by atoms with Crippen LogP contribution >= 0.6 is 22.6 Å². The molecule has 0 aromatic heterocycles. The topological polar surface area (TPSA) is 72.2 Å². The molecule has 0 unspecified atom stereocenters. The number of rotatable bonds is 6. The number of carbonyl (C=O) groups is 1. The van der Waals surface area contributed by atoms with Crippen molar-refractivity contribution in [2.24, 2.45) is 0 Å². The Labute approximate surface area is 132 Å². The van der Waals surface area contributed by atoms with Gasteiger partial charge in [0.15, 0.2) is 0 Å². The first-order valence-corrected chi connectivity index (χ1v) is 7.07. The van der Waals surface area contributed by atoms with E-state index in [1.54, 1.807) is 0 Å². The molecule has 0 saturated heterocycles. The van der Waals surface area contributed by atoms with Crippen LogP contribution in [0.3, 0.4) is 0 Å². The number of non-ortho nitro benzene ring substituents is 1. The average Bonchev–Trinajstić information content (AvgIpc) is 2.36. The highest BCUT2D eigenvalue weighted by Gasteiger charge is 2.25. The van der Waals surface area contributed by atoms with Crippen LogP contribution in [0.25, 0.3) is 0 Å². The molecule has 1 N–H and O–H groups in total. The molecule has 21 heavy (non-hydrogen) atoms. The smallest absolute Gasteiger partial charge is 0.352 e. The average molecular weight is 416 g/mol. The van der Waals surface area contributed by atoms with Crippen molar-refractivity contribution < 1.29 is 22.9 Å². The molecule has 0 atom stereocenters. The molecule has 0 saturated carbocycles. The SMILES string of the molecule is O=C(NCCCCC(F)(F)F)c1cc([N+](=O)[O-])ccc1I. The molecule has 0 fully saturated rings. The highest BCUT2D eigenvalue weighted by molar-refractivity contribution is 14.1. The Hall–Kier alpha value is -1.39. The summed E-state index contributed by atoms with van der Waals surface area (Å²) in [6.45, 7) is 0.0910. The Kier molecular flexibility index (Phi) is 6.37. The first kappa shape index (κ1) is 17.7. The van der Waals surface area contributed by atoms with E-state index in [1.165, 1.54) is 12.1 Å². The number of alkyl halides is 3. The standard InChI is InChI=1S/C12H12F3IN2O3/c13-12(14,15)5-1-2-6-17-11(19)9-7-8(18(20)21)3-4-10(9)16/h3-4,7H,1-2,5-6H2,(H,17,19). The lowest BCUT2D eigenvalue weighted by molar-refractivity contribution is -0.384. The third-order valence-electron chi connectivity index (χ3n) is 2.58. The monoisotopic (exact) mass is 416 g/mol. The number of hydrogen-bond acceptors (Lipinski definition) is 3. The van der Waals surface area contributed by atoms with Crippen molar-refractivity contribution in [2.75, 3.05) is 6.54 Å². The molecule has 1 amide bonds. The van der Waals surface area contributed by atoms with Crippen LogP contribution in [0.4, 0.5) is 18.9 Å². The summed E-state index contributed by atoms with van der Waals surface area (Å²) < 4.78 is 36.3. The van der Waals surface area contributed by atoms with E-state index < -0.39 is 23.4 Å². The summed E-state index contributed by atoms with van der Waals surface area (Å²) in [7, 11) is 0. The molecule has 0 radical (unpaired) electrons. The largest absolute Gasteiger partial charge is 0.389 e. The highest BCUT2D eigenvalue weighted by Crippen LogP contribution is 2.22. The Morgan fingerprint density at radius 2 is 2.00 bits per heavy atom. The molecule has 0 bridgehead atoms. The normalized spacial score (nSPS) is 11.2. The maximum atomic E-state index is 11.9. The molecule has 5 nitrogen and oxygen atoms in total. The zero-order chi connectivity index (χ0) is 16.0. The number of halogens is 4. The van der Waals surface area contributed by atoms with Gasteiger partial charge in [0.25, 0.3) is 11.6 Å². The van der Waals surface area contributed by atoms with Crippen LogP contribution < -0.4 is 5.32 Å². The summed E-state index contributed by atoms with van der Waals surface area (Å²) >= 11 is 1.86. The number of nitro benzene ring substituents is 1. The molecule has 1 aromatic rings. The van der Waals surface area contributed by atoms with E-state index in [9.17, 15) is 28.1 Å². The van der Waals surface area contributed by atoms with E-state index in [-0.39, 0.29) is 30.6 Å². The summed E-state index contributed by atoms with van der Waals surface area (Å²) in [6, 6.07) is 3.87. The van der Waals surface area contributed by atoms with Gasteiger partial charge in [0.2, 0.25) is 0 Å². The van der Waals surface area contributed by atoms with E-state index in [1.807, 2.05) is 22.6 Å². The minimum atomic E-state index is -4.20. The molecule has 9 heteroatoms. The molecule has 0 aliphatic rings. The summed E-state index contributed by atoms with van der Waals surface area (Å²) in [5.74, 6) is -0.532. The van der Waals surface area contributed by atoms with Crippen LogP contribution in [0.15, 0.2) is 18.2 Å². The van der Waals surface area contributed by atoms with Gasteiger partial charge in [-0.1, -0.05) is 0 Å². The van der Waals surface area contributed by atoms with Crippen LogP contribution in [-0.4, -0.2) is 23.6 Å². The molecule has 0 spiro atoms. The second kappa shape index (κ2) is 7.57. The number of nitro groups is 1. The summed E-state index contributed by atoms with van der Waals surface area (Å²) in [4.78, 5) is 21.9.